The maximum absolute atomic E-state index is 12.3. The number of nitrogens with one attached hydrogen (secondary N) is 2. The van der Waals surface area contributed by atoms with Crippen LogP contribution in [0.4, 0.5) is 5.69 Å². The van der Waals surface area contributed by atoms with E-state index in [-0.39, 0.29) is 18.1 Å². The summed E-state index contributed by atoms with van der Waals surface area (Å²) in [4.78, 5) is 35.7. The summed E-state index contributed by atoms with van der Waals surface area (Å²) in [5, 5.41) is 32.6. The Morgan fingerprint density at radius 3 is 1.97 bits per heavy atom. The summed E-state index contributed by atoms with van der Waals surface area (Å²) in [5.41, 5.74) is 2.31. The van der Waals surface area contributed by atoms with Gasteiger partial charge in [0.2, 0.25) is 5.91 Å². The molecule has 8 nitrogen and oxygen atoms in total. The molecule has 182 valence electrons. The molecule has 8 heteroatoms. The molecule has 0 bridgehead atoms. The first-order valence-corrected chi connectivity index (χ1v) is 11.1. The van der Waals surface area contributed by atoms with Crippen molar-refractivity contribution < 1.29 is 29.7 Å². The lowest BCUT2D eigenvalue weighted by Gasteiger charge is -2.19. The number of benzene rings is 2. The molecule has 0 aromatic heterocycles. The number of carbonyl (C=O) groups is 3. The molecule has 0 spiro atoms. The molecule has 0 fully saturated rings. The van der Waals surface area contributed by atoms with Gasteiger partial charge in [0, 0.05) is 35.4 Å². The quantitative estimate of drug-likeness (QED) is 0.259. The number of rotatable bonds is 10. The third-order valence-corrected chi connectivity index (χ3v) is 4.88. The first kappa shape index (κ1) is 27.3. The maximum Gasteiger partial charge on any atom is 0.251 e. The molecule has 2 atom stereocenters. The smallest absolute Gasteiger partial charge is 0.251 e. The summed E-state index contributed by atoms with van der Waals surface area (Å²) < 4.78 is 0. The van der Waals surface area contributed by atoms with Crippen LogP contribution in [0.5, 0.6) is 0 Å². The van der Waals surface area contributed by atoms with Crippen molar-refractivity contribution >= 4 is 23.3 Å². The Kier molecular flexibility index (Phi) is 11.2. The second-order valence-electron chi connectivity index (χ2n) is 7.70. The molecular formula is C27H28N2O6. The maximum atomic E-state index is 12.3. The van der Waals surface area contributed by atoms with Crippen LogP contribution in [0.2, 0.25) is 0 Å². The van der Waals surface area contributed by atoms with Gasteiger partial charge in [-0.2, -0.15) is 0 Å². The van der Waals surface area contributed by atoms with Crippen molar-refractivity contribution in [2.75, 3.05) is 18.5 Å². The zero-order valence-electron chi connectivity index (χ0n) is 19.4. The van der Waals surface area contributed by atoms with Gasteiger partial charge in [0.15, 0.2) is 5.78 Å². The van der Waals surface area contributed by atoms with E-state index < -0.39 is 30.4 Å². The van der Waals surface area contributed by atoms with Crippen LogP contribution in [0.1, 0.15) is 47.7 Å². The number of hydrogen-bond donors (Lipinski definition) is 5. The van der Waals surface area contributed by atoms with Gasteiger partial charge in [-0.15, -0.1) is 0 Å². The Bertz CT molecular complexity index is 1130. The lowest BCUT2D eigenvalue weighted by molar-refractivity contribution is -0.126. The second kappa shape index (κ2) is 14.3. The number of unbranched alkanes of at least 4 members (excludes halogenated alkanes) is 1. The van der Waals surface area contributed by atoms with Gasteiger partial charge in [0.1, 0.15) is 12.6 Å². The summed E-state index contributed by atoms with van der Waals surface area (Å²) in [6, 6.07) is 12.2. The van der Waals surface area contributed by atoms with Crippen LogP contribution in [-0.4, -0.2) is 58.3 Å². The molecule has 0 unspecified atom stereocenters. The number of ketones is 1. The second-order valence-corrected chi connectivity index (χ2v) is 7.70. The highest BCUT2D eigenvalue weighted by atomic mass is 16.3. The fourth-order valence-electron chi connectivity index (χ4n) is 2.96. The number of aliphatic hydroxyl groups is 3. The van der Waals surface area contributed by atoms with E-state index in [4.69, 9.17) is 10.2 Å². The van der Waals surface area contributed by atoms with Crippen molar-refractivity contribution in [3.05, 3.63) is 65.2 Å². The van der Waals surface area contributed by atoms with Gasteiger partial charge in [-0.1, -0.05) is 11.8 Å². The zero-order valence-corrected chi connectivity index (χ0v) is 19.4. The van der Waals surface area contributed by atoms with E-state index in [1.807, 2.05) is 0 Å². The SMILES string of the molecule is C[C@@H](O)[C@H](NC(=O)c1ccc(C#CC#Cc2ccc(NC(=O)CCCCO)cc2)cc1)C(=O)CO. The van der Waals surface area contributed by atoms with Crippen LogP contribution >= 0.6 is 0 Å². The normalized spacial score (nSPS) is 11.7. The van der Waals surface area contributed by atoms with Gasteiger partial charge < -0.3 is 26.0 Å². The summed E-state index contributed by atoms with van der Waals surface area (Å²) in [6.07, 6.45) is 0.449. The van der Waals surface area contributed by atoms with Crippen LogP contribution < -0.4 is 10.6 Å². The van der Waals surface area contributed by atoms with E-state index in [0.29, 0.717) is 30.5 Å². The average Bonchev–Trinajstić information content (AvgIpc) is 2.86. The lowest BCUT2D eigenvalue weighted by atomic mass is 10.1. The fourth-order valence-corrected chi connectivity index (χ4v) is 2.96. The summed E-state index contributed by atoms with van der Waals surface area (Å²) in [7, 11) is 0. The summed E-state index contributed by atoms with van der Waals surface area (Å²) in [5.74, 6) is 9.93. The molecule has 2 amide bonds. The van der Waals surface area contributed by atoms with Gasteiger partial charge in [-0.25, -0.2) is 0 Å². The molecule has 35 heavy (non-hydrogen) atoms. The van der Waals surface area contributed by atoms with Crippen LogP contribution in [0.3, 0.4) is 0 Å². The van der Waals surface area contributed by atoms with Gasteiger partial charge in [0.25, 0.3) is 5.91 Å². The zero-order chi connectivity index (χ0) is 25.6. The standard InChI is InChI=1S/C27H28N2O6/c1-19(32)26(24(33)18-31)29-27(35)22-13-9-20(10-14-22)6-2-3-7-21-11-15-23(16-12-21)28-25(34)8-4-5-17-30/h9-16,19,26,30-32H,4-5,8,17-18H2,1H3,(H,28,34)(H,29,35)/t19-,26+/m1/s1. The molecule has 0 aliphatic heterocycles. The minimum Gasteiger partial charge on any atom is -0.396 e. The predicted molar refractivity (Wildman–Crippen MR) is 131 cm³/mol. The van der Waals surface area contributed by atoms with Crippen molar-refractivity contribution in [2.24, 2.45) is 0 Å². The Morgan fingerprint density at radius 2 is 1.46 bits per heavy atom. The molecule has 2 aromatic carbocycles. The highest BCUT2D eigenvalue weighted by molar-refractivity contribution is 5.98. The Morgan fingerprint density at radius 1 is 0.886 bits per heavy atom. The average molecular weight is 477 g/mol. The summed E-state index contributed by atoms with van der Waals surface area (Å²) >= 11 is 0. The van der Waals surface area contributed by atoms with Crippen molar-refractivity contribution in [3.8, 4) is 23.7 Å². The summed E-state index contributed by atoms with van der Waals surface area (Å²) in [6.45, 7) is 0.651. The number of carbonyl (C=O) groups excluding carboxylic acids is 3. The van der Waals surface area contributed by atoms with E-state index in [1.165, 1.54) is 19.1 Å². The third-order valence-electron chi connectivity index (χ3n) is 4.88. The van der Waals surface area contributed by atoms with Gasteiger partial charge in [-0.3, -0.25) is 14.4 Å². The van der Waals surface area contributed by atoms with E-state index in [9.17, 15) is 19.5 Å². The largest absolute Gasteiger partial charge is 0.396 e. The Balaban J connectivity index is 1.92. The molecule has 0 heterocycles. The Hall–Kier alpha value is -3.95. The number of hydrogen-bond acceptors (Lipinski definition) is 6. The van der Waals surface area contributed by atoms with Crippen LogP contribution in [0.15, 0.2) is 48.5 Å². The molecule has 0 aliphatic carbocycles. The number of anilines is 1. The predicted octanol–water partition coefficient (Wildman–Crippen LogP) is 1.23. The van der Waals surface area contributed by atoms with Crippen LogP contribution in [0, 0.1) is 23.7 Å². The number of Topliss-reactive ketones (excluding diaryl/α,β-unsaturated/α-hetero) is 1. The minimum atomic E-state index is -1.19. The lowest BCUT2D eigenvalue weighted by Crippen LogP contribution is -2.48. The van der Waals surface area contributed by atoms with Crippen molar-refractivity contribution in [1.29, 1.82) is 0 Å². The van der Waals surface area contributed by atoms with Crippen molar-refractivity contribution in [2.45, 2.75) is 38.3 Å². The molecule has 5 N–H and O–H groups in total. The molecule has 2 aromatic rings. The van der Waals surface area contributed by atoms with Crippen LogP contribution in [0.25, 0.3) is 0 Å². The monoisotopic (exact) mass is 476 g/mol. The van der Waals surface area contributed by atoms with Gasteiger partial charge in [0.05, 0.1) is 6.10 Å². The molecule has 0 saturated carbocycles. The fraction of sp³-hybridized carbons (Fsp3) is 0.296. The molecular weight excluding hydrogens is 448 g/mol. The molecule has 0 aliphatic rings. The van der Waals surface area contributed by atoms with Gasteiger partial charge >= 0.3 is 0 Å². The van der Waals surface area contributed by atoms with Crippen LogP contribution in [-0.2, 0) is 9.59 Å². The first-order valence-electron chi connectivity index (χ1n) is 11.1. The highest BCUT2D eigenvalue weighted by Crippen LogP contribution is 2.10. The third kappa shape index (κ3) is 9.44. The van der Waals surface area contributed by atoms with E-state index in [0.717, 1.165) is 5.56 Å². The molecule has 2 rings (SSSR count). The van der Waals surface area contributed by atoms with E-state index >= 15 is 0 Å². The first-order chi connectivity index (χ1) is 16.8. The Labute approximate surface area is 204 Å². The topological polar surface area (TPSA) is 136 Å². The minimum absolute atomic E-state index is 0.0759. The highest BCUT2D eigenvalue weighted by Gasteiger charge is 2.25. The van der Waals surface area contributed by atoms with Crippen molar-refractivity contribution in [3.63, 3.8) is 0 Å². The van der Waals surface area contributed by atoms with Gasteiger partial charge in [-0.05, 0) is 80.1 Å². The van der Waals surface area contributed by atoms with E-state index in [1.54, 1.807) is 36.4 Å². The number of aliphatic hydroxyl groups excluding tert-OH is 3. The van der Waals surface area contributed by atoms with Crippen molar-refractivity contribution in [1.82, 2.24) is 5.32 Å². The van der Waals surface area contributed by atoms with E-state index in [2.05, 4.69) is 34.3 Å². The number of amides is 2. The molecule has 0 radical (unpaired) electrons. The molecule has 0 saturated heterocycles.